The average molecular weight is 208 g/mol. The first-order valence-corrected chi connectivity index (χ1v) is 4.00. The highest BCUT2D eigenvalue weighted by Crippen LogP contribution is 2.02. The van der Waals surface area contributed by atoms with Crippen molar-refractivity contribution in [3.63, 3.8) is 0 Å². The van der Waals surface area contributed by atoms with Crippen molar-refractivity contribution in [2.45, 2.75) is 0 Å². The van der Waals surface area contributed by atoms with E-state index in [2.05, 4.69) is 5.43 Å². The maximum Gasteiger partial charge on any atom is 0.382 e. The summed E-state index contributed by atoms with van der Waals surface area (Å²) in [5, 5.41) is 8.21. The number of carboxylic acids is 1. The number of hydrazine groups is 1. The van der Waals surface area contributed by atoms with Crippen molar-refractivity contribution in [1.29, 1.82) is 0 Å². The number of hydrogen-bond acceptors (Lipinski definition) is 4. The van der Waals surface area contributed by atoms with Crippen molar-refractivity contribution in [3.8, 4) is 0 Å². The van der Waals surface area contributed by atoms with E-state index in [0.717, 1.165) is 0 Å². The number of rotatable bonds is 4. The summed E-state index contributed by atoms with van der Waals surface area (Å²) in [5.41, 5.74) is 4.90. The first-order chi connectivity index (χ1) is 7.11. The molecule has 0 atom stereocenters. The van der Waals surface area contributed by atoms with E-state index < -0.39 is 17.7 Å². The van der Waals surface area contributed by atoms with Crippen LogP contribution in [0.5, 0.6) is 0 Å². The fourth-order valence-corrected chi connectivity index (χ4v) is 0.804. The molecule has 1 rings (SSSR count). The van der Waals surface area contributed by atoms with Gasteiger partial charge in [0.15, 0.2) is 0 Å². The lowest BCUT2D eigenvalue weighted by Gasteiger charge is -2.05. The standard InChI is InChI=1S/C9H8N2O4/c12-7(9(14)15)8(13)11-10-6-4-2-1-3-5-6/h1-5,10H,(H,11,13)(H,14,15). The van der Waals surface area contributed by atoms with Crippen LogP contribution in [0.25, 0.3) is 0 Å². The van der Waals surface area contributed by atoms with Crippen LogP contribution < -0.4 is 10.9 Å². The first kappa shape index (κ1) is 10.7. The van der Waals surface area contributed by atoms with Crippen LogP contribution in [0.4, 0.5) is 5.69 Å². The number of hydrogen-bond donors (Lipinski definition) is 3. The Kier molecular flexibility index (Phi) is 3.39. The summed E-state index contributed by atoms with van der Waals surface area (Å²) >= 11 is 0. The van der Waals surface area contributed by atoms with Gasteiger partial charge >= 0.3 is 17.7 Å². The monoisotopic (exact) mass is 208 g/mol. The summed E-state index contributed by atoms with van der Waals surface area (Å²) in [6.45, 7) is 0. The Morgan fingerprint density at radius 1 is 1.07 bits per heavy atom. The molecular weight excluding hydrogens is 200 g/mol. The molecule has 0 aliphatic carbocycles. The largest absolute Gasteiger partial charge is 0.475 e. The molecule has 0 fully saturated rings. The van der Waals surface area contributed by atoms with E-state index in [4.69, 9.17) is 5.11 Å². The molecule has 1 amide bonds. The van der Waals surface area contributed by atoms with Gasteiger partial charge in [-0.1, -0.05) is 18.2 Å². The van der Waals surface area contributed by atoms with Gasteiger partial charge in [0.1, 0.15) is 0 Å². The number of para-hydroxylation sites is 1. The minimum absolute atomic E-state index is 0.545. The molecule has 3 N–H and O–H groups in total. The smallest absolute Gasteiger partial charge is 0.382 e. The fourth-order valence-electron chi connectivity index (χ4n) is 0.804. The topological polar surface area (TPSA) is 95.5 Å². The highest BCUT2D eigenvalue weighted by atomic mass is 16.4. The highest BCUT2D eigenvalue weighted by molar-refractivity contribution is 6.61. The molecule has 0 unspecified atom stereocenters. The number of benzene rings is 1. The van der Waals surface area contributed by atoms with E-state index >= 15 is 0 Å². The summed E-state index contributed by atoms with van der Waals surface area (Å²) in [5.74, 6) is -4.52. The Bertz CT molecular complexity index is 388. The van der Waals surface area contributed by atoms with Gasteiger partial charge in [0.2, 0.25) is 0 Å². The van der Waals surface area contributed by atoms with E-state index in [0.29, 0.717) is 5.69 Å². The van der Waals surface area contributed by atoms with Crippen molar-refractivity contribution in [2.24, 2.45) is 0 Å². The van der Waals surface area contributed by atoms with Gasteiger partial charge in [-0.15, -0.1) is 0 Å². The fraction of sp³-hybridized carbons (Fsp3) is 0. The van der Waals surface area contributed by atoms with Gasteiger partial charge in [0.25, 0.3) is 0 Å². The molecule has 0 aliphatic rings. The molecule has 0 saturated carbocycles. The van der Waals surface area contributed by atoms with Crippen molar-refractivity contribution < 1.29 is 19.5 Å². The van der Waals surface area contributed by atoms with Gasteiger partial charge < -0.3 is 5.11 Å². The molecule has 1 aromatic carbocycles. The summed E-state index contributed by atoms with van der Waals surface area (Å²) < 4.78 is 0. The molecule has 0 saturated heterocycles. The first-order valence-electron chi connectivity index (χ1n) is 4.00. The SMILES string of the molecule is O=C(O)C(=O)C(=O)NNc1ccccc1. The van der Waals surface area contributed by atoms with Crippen LogP contribution in [0.2, 0.25) is 0 Å². The maximum absolute atomic E-state index is 10.9. The predicted octanol–water partition coefficient (Wildman–Crippen LogP) is -0.217. The van der Waals surface area contributed by atoms with Crippen molar-refractivity contribution in [3.05, 3.63) is 30.3 Å². The lowest BCUT2D eigenvalue weighted by Crippen LogP contribution is -2.38. The number of Topliss-reactive ketones (excluding diaryl/α,β-unsaturated/α-hetero) is 1. The Morgan fingerprint density at radius 2 is 1.67 bits per heavy atom. The minimum Gasteiger partial charge on any atom is -0.475 e. The van der Waals surface area contributed by atoms with Crippen LogP contribution in [-0.4, -0.2) is 22.8 Å². The van der Waals surface area contributed by atoms with Crippen LogP contribution in [-0.2, 0) is 14.4 Å². The number of amides is 1. The quantitative estimate of drug-likeness (QED) is 0.361. The van der Waals surface area contributed by atoms with E-state index in [1.807, 2.05) is 5.43 Å². The second-order valence-electron chi connectivity index (χ2n) is 2.58. The minimum atomic E-state index is -1.79. The Balaban J connectivity index is 2.48. The molecule has 1 aromatic rings. The number of nitrogens with one attached hydrogen (secondary N) is 2. The molecule has 6 nitrogen and oxygen atoms in total. The van der Waals surface area contributed by atoms with Gasteiger partial charge in [-0.05, 0) is 12.1 Å². The third kappa shape index (κ3) is 3.11. The molecular formula is C9H8N2O4. The molecule has 0 radical (unpaired) electrons. The Morgan fingerprint density at radius 3 is 2.20 bits per heavy atom. The summed E-state index contributed by atoms with van der Waals surface area (Å²) in [7, 11) is 0. The molecule has 0 aromatic heterocycles. The second kappa shape index (κ2) is 4.75. The maximum atomic E-state index is 10.9. The number of carbonyl (C=O) groups is 3. The zero-order valence-corrected chi connectivity index (χ0v) is 7.56. The molecule has 6 heteroatoms. The van der Waals surface area contributed by atoms with E-state index in [9.17, 15) is 14.4 Å². The highest BCUT2D eigenvalue weighted by Gasteiger charge is 2.21. The van der Waals surface area contributed by atoms with Gasteiger partial charge in [0, 0.05) is 0 Å². The summed E-state index contributed by atoms with van der Waals surface area (Å²) in [4.78, 5) is 31.6. The summed E-state index contributed by atoms with van der Waals surface area (Å²) in [6.07, 6.45) is 0. The molecule has 0 bridgehead atoms. The third-order valence-corrected chi connectivity index (χ3v) is 1.49. The van der Waals surface area contributed by atoms with Crippen molar-refractivity contribution >= 4 is 23.3 Å². The Labute approximate surface area is 84.9 Å². The van der Waals surface area contributed by atoms with Crippen LogP contribution in [0.1, 0.15) is 0 Å². The summed E-state index contributed by atoms with van der Waals surface area (Å²) in [6, 6.07) is 8.49. The molecule has 0 spiro atoms. The third-order valence-electron chi connectivity index (χ3n) is 1.49. The molecule has 78 valence electrons. The van der Waals surface area contributed by atoms with Crippen LogP contribution >= 0.6 is 0 Å². The van der Waals surface area contributed by atoms with Gasteiger partial charge in [-0.3, -0.25) is 20.4 Å². The predicted molar refractivity (Wildman–Crippen MR) is 50.9 cm³/mol. The number of carbonyl (C=O) groups excluding carboxylic acids is 2. The number of ketones is 1. The lowest BCUT2D eigenvalue weighted by atomic mass is 10.3. The van der Waals surface area contributed by atoms with Gasteiger partial charge in [-0.2, -0.15) is 0 Å². The van der Waals surface area contributed by atoms with Crippen molar-refractivity contribution in [2.75, 3.05) is 5.43 Å². The average Bonchev–Trinajstić information content (AvgIpc) is 2.26. The van der Waals surface area contributed by atoms with Crippen molar-refractivity contribution in [1.82, 2.24) is 5.43 Å². The zero-order valence-electron chi connectivity index (χ0n) is 7.56. The normalized spacial score (nSPS) is 9.07. The number of carboxylic acid groups (broad SMARTS) is 1. The van der Waals surface area contributed by atoms with Crippen LogP contribution in [0, 0.1) is 0 Å². The molecule has 15 heavy (non-hydrogen) atoms. The Hall–Kier alpha value is -2.37. The van der Waals surface area contributed by atoms with Crippen LogP contribution in [0.3, 0.4) is 0 Å². The van der Waals surface area contributed by atoms with Crippen LogP contribution in [0.15, 0.2) is 30.3 Å². The van der Waals surface area contributed by atoms with Gasteiger partial charge in [-0.25, -0.2) is 4.79 Å². The lowest BCUT2D eigenvalue weighted by molar-refractivity contribution is -0.153. The van der Waals surface area contributed by atoms with E-state index in [-0.39, 0.29) is 0 Å². The van der Waals surface area contributed by atoms with E-state index in [1.54, 1.807) is 30.3 Å². The van der Waals surface area contributed by atoms with Gasteiger partial charge in [0.05, 0.1) is 5.69 Å². The second-order valence-corrected chi connectivity index (χ2v) is 2.58. The van der Waals surface area contributed by atoms with E-state index in [1.165, 1.54) is 0 Å². The molecule has 0 aliphatic heterocycles. The zero-order chi connectivity index (χ0) is 11.3. The molecule has 0 heterocycles. The number of anilines is 1. The number of aliphatic carboxylic acids is 1.